The Labute approximate surface area is 291 Å². The highest BCUT2D eigenvalue weighted by atomic mass is 15.0. The van der Waals surface area contributed by atoms with Gasteiger partial charge in [-0.15, -0.1) is 0 Å². The minimum absolute atomic E-state index is 0.0817. The van der Waals surface area contributed by atoms with Crippen molar-refractivity contribution in [1.82, 2.24) is 0 Å². The molecule has 1 aromatic heterocycles. The molecule has 1 heteroatoms. The summed E-state index contributed by atoms with van der Waals surface area (Å²) in [5.41, 5.74) is 15.6. The summed E-state index contributed by atoms with van der Waals surface area (Å²) in [6.07, 6.45) is 6.97. The van der Waals surface area contributed by atoms with Crippen LogP contribution in [0, 0.1) is 0 Å². The third-order valence-electron chi connectivity index (χ3n) is 10.8. The van der Waals surface area contributed by atoms with Crippen molar-refractivity contribution in [1.29, 1.82) is 0 Å². The second kappa shape index (κ2) is 13.0. The highest BCUT2D eigenvalue weighted by Crippen LogP contribution is 2.43. The van der Waals surface area contributed by atoms with Gasteiger partial charge >= 0.3 is 0 Å². The van der Waals surface area contributed by atoms with E-state index in [-0.39, 0.29) is 5.41 Å². The lowest BCUT2D eigenvalue weighted by atomic mass is 9.73. The van der Waals surface area contributed by atoms with Crippen molar-refractivity contribution in [3.63, 3.8) is 0 Å². The Morgan fingerprint density at radius 3 is 1.88 bits per heavy atom. The molecule has 49 heavy (non-hydrogen) atoms. The summed E-state index contributed by atoms with van der Waals surface area (Å²) >= 11 is 0. The fourth-order valence-electron chi connectivity index (χ4n) is 7.78. The molecule has 0 saturated carbocycles. The van der Waals surface area contributed by atoms with Gasteiger partial charge in [-0.25, -0.2) is 0 Å². The molecule has 0 spiro atoms. The van der Waals surface area contributed by atoms with E-state index in [1.165, 1.54) is 90.5 Å². The van der Waals surface area contributed by atoms with Gasteiger partial charge in [-0.3, -0.25) is 0 Å². The summed E-state index contributed by atoms with van der Waals surface area (Å²) in [4.78, 5) is 0. The maximum atomic E-state index is 2.49. The number of nitrogens with zero attached hydrogens (tertiary/aromatic N) is 1. The van der Waals surface area contributed by atoms with Crippen LogP contribution in [0.4, 0.5) is 0 Å². The fraction of sp³-hybridized carbons (Fsp3) is 0.188. The van der Waals surface area contributed by atoms with Crippen molar-refractivity contribution in [2.75, 3.05) is 0 Å². The Bertz CT molecular complexity index is 2280. The summed E-state index contributed by atoms with van der Waals surface area (Å²) in [6, 6.07) is 54.5. The summed E-state index contributed by atoms with van der Waals surface area (Å²) in [7, 11) is 0. The smallest absolute Gasteiger partial charge is 0.197 e. The van der Waals surface area contributed by atoms with Gasteiger partial charge in [0.05, 0.1) is 16.4 Å². The van der Waals surface area contributed by atoms with Crippen molar-refractivity contribution in [2.45, 2.75) is 58.4 Å². The maximum absolute atomic E-state index is 2.49. The highest BCUT2D eigenvalue weighted by molar-refractivity contribution is 5.95. The van der Waals surface area contributed by atoms with Crippen LogP contribution >= 0.6 is 0 Å². The van der Waals surface area contributed by atoms with Crippen molar-refractivity contribution in [2.24, 2.45) is 0 Å². The predicted octanol–water partition coefficient (Wildman–Crippen LogP) is 12.5. The van der Waals surface area contributed by atoms with E-state index in [4.69, 9.17) is 0 Å². The van der Waals surface area contributed by atoms with Crippen LogP contribution in [-0.4, -0.2) is 0 Å². The molecule has 0 N–H and O–H groups in total. The summed E-state index contributed by atoms with van der Waals surface area (Å²) in [5.74, 6) is 0. The molecule has 1 nitrogen and oxygen atoms in total. The quantitative estimate of drug-likeness (QED) is 0.146. The molecule has 0 aliphatic carbocycles. The Kier molecular flexibility index (Phi) is 8.22. The first-order valence-corrected chi connectivity index (χ1v) is 18.0. The molecule has 6 aromatic carbocycles. The number of hydrogen-bond donors (Lipinski definition) is 0. The molecule has 240 valence electrons. The molecule has 0 fully saturated rings. The first-order valence-electron chi connectivity index (χ1n) is 18.0. The minimum atomic E-state index is 0.0817. The van der Waals surface area contributed by atoms with Crippen LogP contribution in [0.15, 0.2) is 152 Å². The zero-order valence-electron chi connectivity index (χ0n) is 28.9. The zero-order valence-corrected chi connectivity index (χ0v) is 28.9. The van der Waals surface area contributed by atoms with Crippen LogP contribution in [0.5, 0.6) is 0 Å². The number of unbranched alkanes of at least 4 members (excludes halogenated alkanes) is 1. The van der Waals surface area contributed by atoms with Gasteiger partial charge in [0.25, 0.3) is 0 Å². The lowest BCUT2D eigenvalue weighted by Crippen LogP contribution is -2.49. The van der Waals surface area contributed by atoms with Crippen LogP contribution in [0.25, 0.3) is 66.5 Å². The Balaban J connectivity index is 1.24. The van der Waals surface area contributed by atoms with Gasteiger partial charge < -0.3 is 0 Å². The van der Waals surface area contributed by atoms with E-state index in [2.05, 4.69) is 177 Å². The largest absolute Gasteiger partial charge is 0.220 e. The third kappa shape index (κ3) is 5.89. The molecule has 0 radical (unpaired) electrons. The van der Waals surface area contributed by atoms with E-state index < -0.39 is 0 Å². The van der Waals surface area contributed by atoms with Crippen LogP contribution < -0.4 is 4.57 Å². The van der Waals surface area contributed by atoms with Gasteiger partial charge in [0.15, 0.2) is 12.7 Å². The first-order chi connectivity index (χ1) is 24.0. The molecule has 0 amide bonds. The van der Waals surface area contributed by atoms with Gasteiger partial charge in [0.2, 0.25) is 5.69 Å². The third-order valence-corrected chi connectivity index (χ3v) is 10.8. The molecule has 1 atom stereocenters. The van der Waals surface area contributed by atoms with Crippen molar-refractivity contribution >= 4 is 10.8 Å². The number of aromatic nitrogens is 1. The van der Waals surface area contributed by atoms with E-state index in [0.29, 0.717) is 0 Å². The number of fused-ring (bicyclic) bond motifs is 5. The molecule has 8 rings (SSSR count). The summed E-state index contributed by atoms with van der Waals surface area (Å²) in [5, 5.41) is 2.61. The molecule has 1 aliphatic heterocycles. The fourth-order valence-corrected chi connectivity index (χ4v) is 7.78. The molecule has 1 unspecified atom stereocenters. The molecule has 0 bridgehead atoms. The van der Waals surface area contributed by atoms with E-state index in [1.54, 1.807) is 0 Å². The van der Waals surface area contributed by atoms with Gasteiger partial charge in [0, 0.05) is 6.07 Å². The number of benzene rings is 6. The number of aryl methyl sites for hydroxylation is 1. The molecular formula is C48H44N+. The van der Waals surface area contributed by atoms with Crippen molar-refractivity contribution in [3.8, 4) is 55.8 Å². The second-order valence-electron chi connectivity index (χ2n) is 14.1. The SMILES string of the molecule is CCCCc1ccc(-c2cc(-c3ccccc3)cc(-c3cccc(-c4ccc5c(c4)-c4c6ccccc6cc[n+]4CC5(C)CC)c3)c2)cc1. The van der Waals surface area contributed by atoms with Crippen LogP contribution in [0.3, 0.4) is 0 Å². The second-order valence-corrected chi connectivity index (χ2v) is 14.1. The topological polar surface area (TPSA) is 3.88 Å². The molecule has 1 aliphatic rings. The summed E-state index contributed by atoms with van der Waals surface area (Å²) < 4.78 is 2.49. The van der Waals surface area contributed by atoms with Crippen LogP contribution in [-0.2, 0) is 18.4 Å². The molecule has 2 heterocycles. The Hall–Kier alpha value is -5.27. The van der Waals surface area contributed by atoms with E-state index >= 15 is 0 Å². The molecule has 7 aromatic rings. The summed E-state index contributed by atoms with van der Waals surface area (Å²) in [6.45, 7) is 8.00. The Morgan fingerprint density at radius 2 is 1.14 bits per heavy atom. The minimum Gasteiger partial charge on any atom is -0.197 e. The van der Waals surface area contributed by atoms with Crippen LogP contribution in [0.2, 0.25) is 0 Å². The predicted molar refractivity (Wildman–Crippen MR) is 208 cm³/mol. The van der Waals surface area contributed by atoms with Crippen molar-refractivity contribution < 1.29 is 4.57 Å². The average Bonchev–Trinajstić information content (AvgIpc) is 3.17. The normalized spacial score (nSPS) is 15.2. The number of pyridine rings is 1. The molecule has 0 saturated heterocycles. The average molecular weight is 635 g/mol. The number of hydrogen-bond acceptors (Lipinski definition) is 0. The maximum Gasteiger partial charge on any atom is 0.220 e. The molecular weight excluding hydrogens is 591 g/mol. The van der Waals surface area contributed by atoms with E-state index in [0.717, 1.165) is 19.4 Å². The Morgan fingerprint density at radius 1 is 0.551 bits per heavy atom. The van der Waals surface area contributed by atoms with Gasteiger partial charge in [-0.1, -0.05) is 123 Å². The van der Waals surface area contributed by atoms with Gasteiger partial charge in [-0.05, 0) is 124 Å². The first kappa shape index (κ1) is 31.0. The van der Waals surface area contributed by atoms with Crippen LogP contribution in [0.1, 0.15) is 51.2 Å². The van der Waals surface area contributed by atoms with E-state index in [1.807, 2.05) is 0 Å². The van der Waals surface area contributed by atoms with Crippen molar-refractivity contribution in [3.05, 3.63) is 163 Å². The number of rotatable bonds is 8. The van der Waals surface area contributed by atoms with Gasteiger partial charge in [-0.2, -0.15) is 4.57 Å². The van der Waals surface area contributed by atoms with E-state index in [9.17, 15) is 0 Å². The van der Waals surface area contributed by atoms with Gasteiger partial charge in [0.1, 0.15) is 0 Å². The highest BCUT2D eigenvalue weighted by Gasteiger charge is 2.39. The monoisotopic (exact) mass is 634 g/mol. The lowest BCUT2D eigenvalue weighted by molar-refractivity contribution is -0.695. The lowest BCUT2D eigenvalue weighted by Gasteiger charge is -2.32. The zero-order chi connectivity index (χ0) is 33.4. The standard InChI is InChI=1S/C48H44N/c1-4-6-13-34-20-22-36(23-21-34)42-29-41(35-14-8-7-9-15-35)30-43(31-42)39-18-12-17-38(28-39)40-24-25-46-45(32-40)47-44-19-11-10-16-37(44)26-27-49(47)33-48(46,3)5-2/h7-12,14-32H,4-6,13,33H2,1-3H3/q+1.